The second-order valence-corrected chi connectivity index (χ2v) is 8.63. The summed E-state index contributed by atoms with van der Waals surface area (Å²) in [4.78, 5) is 21.0. The van der Waals surface area contributed by atoms with Crippen LogP contribution in [0.25, 0.3) is 0 Å². The lowest BCUT2D eigenvalue weighted by molar-refractivity contribution is -0.117. The molecule has 0 aromatic heterocycles. The minimum atomic E-state index is -0.133. The zero-order valence-electron chi connectivity index (χ0n) is 18.7. The molecule has 0 aliphatic carbocycles. The summed E-state index contributed by atoms with van der Waals surface area (Å²) >= 11 is 0. The molecular formula is C25H33N5O2. The molecule has 2 saturated heterocycles. The van der Waals surface area contributed by atoms with E-state index in [1.807, 2.05) is 35.2 Å². The van der Waals surface area contributed by atoms with Crippen molar-refractivity contribution in [1.82, 2.24) is 15.5 Å². The molecule has 2 aromatic rings. The summed E-state index contributed by atoms with van der Waals surface area (Å²) in [7, 11) is 1.75. The molecule has 0 bridgehead atoms. The van der Waals surface area contributed by atoms with E-state index in [0.29, 0.717) is 25.5 Å². The highest BCUT2D eigenvalue weighted by Gasteiger charge is 2.31. The second kappa shape index (κ2) is 10.6. The Morgan fingerprint density at radius 1 is 1.06 bits per heavy atom. The van der Waals surface area contributed by atoms with Crippen LogP contribution in [-0.2, 0) is 17.9 Å². The Morgan fingerprint density at radius 3 is 2.44 bits per heavy atom. The maximum absolute atomic E-state index is 12.4. The monoisotopic (exact) mass is 435 g/mol. The number of likely N-dealkylation sites (tertiary alicyclic amines) is 1. The third kappa shape index (κ3) is 5.87. The molecule has 0 saturated carbocycles. The minimum absolute atomic E-state index is 0.0272. The number of carbonyl (C=O) groups excluding carboxylic acids is 1. The van der Waals surface area contributed by atoms with Gasteiger partial charge in [-0.1, -0.05) is 42.5 Å². The number of nitrogens with one attached hydrogen (secondary N) is 2. The molecule has 2 aromatic carbocycles. The lowest BCUT2D eigenvalue weighted by atomic mass is 10.1. The van der Waals surface area contributed by atoms with Crippen molar-refractivity contribution in [3.8, 4) is 0 Å². The zero-order valence-corrected chi connectivity index (χ0v) is 18.7. The van der Waals surface area contributed by atoms with Gasteiger partial charge in [0.05, 0.1) is 12.1 Å². The van der Waals surface area contributed by atoms with Gasteiger partial charge in [-0.2, -0.15) is 0 Å². The smallest absolute Gasteiger partial charge is 0.229 e. The molecule has 1 amide bonds. The van der Waals surface area contributed by atoms with E-state index in [0.717, 1.165) is 38.2 Å². The van der Waals surface area contributed by atoms with Gasteiger partial charge in [0.25, 0.3) is 0 Å². The Labute approximate surface area is 190 Å². The Bertz CT molecular complexity index is 908. The predicted octanol–water partition coefficient (Wildman–Crippen LogP) is 2.11. The number of piperidine rings is 1. The molecule has 1 unspecified atom stereocenters. The van der Waals surface area contributed by atoms with E-state index in [-0.39, 0.29) is 18.1 Å². The fraction of sp³-hybridized carbons (Fsp3) is 0.440. The van der Waals surface area contributed by atoms with Gasteiger partial charge < -0.3 is 20.6 Å². The first-order valence-corrected chi connectivity index (χ1v) is 11.4. The van der Waals surface area contributed by atoms with Crippen molar-refractivity contribution in [3.63, 3.8) is 0 Å². The summed E-state index contributed by atoms with van der Waals surface area (Å²) in [6.07, 6.45) is 2.05. The molecule has 2 aliphatic heterocycles. The van der Waals surface area contributed by atoms with Crippen LogP contribution in [0.4, 0.5) is 5.69 Å². The van der Waals surface area contributed by atoms with E-state index in [1.54, 1.807) is 7.05 Å². The molecular weight excluding hydrogens is 402 g/mol. The number of anilines is 1. The van der Waals surface area contributed by atoms with Crippen molar-refractivity contribution in [3.05, 3.63) is 65.7 Å². The van der Waals surface area contributed by atoms with E-state index in [4.69, 9.17) is 0 Å². The number of aliphatic hydroxyl groups is 1. The fourth-order valence-electron chi connectivity index (χ4n) is 4.33. The second-order valence-electron chi connectivity index (χ2n) is 8.63. The van der Waals surface area contributed by atoms with Crippen molar-refractivity contribution < 1.29 is 9.90 Å². The van der Waals surface area contributed by atoms with Gasteiger partial charge in [0.2, 0.25) is 5.91 Å². The molecule has 0 radical (unpaired) electrons. The van der Waals surface area contributed by atoms with Gasteiger partial charge >= 0.3 is 0 Å². The minimum Gasteiger partial charge on any atom is -0.393 e. The van der Waals surface area contributed by atoms with E-state index in [2.05, 4.69) is 44.8 Å². The topological polar surface area (TPSA) is 80.2 Å². The van der Waals surface area contributed by atoms with Crippen LogP contribution >= 0.6 is 0 Å². The molecule has 1 atom stereocenters. The number of para-hydroxylation sites is 1. The SMILES string of the molecule is CN=C(NCc1ccc(CN2CCC(O)CC2)cc1)NC1CC(=O)N(c2ccccc2)C1. The highest BCUT2D eigenvalue weighted by Crippen LogP contribution is 2.21. The normalized spacial score (nSPS) is 20.6. The van der Waals surface area contributed by atoms with Gasteiger partial charge in [0.1, 0.15) is 0 Å². The van der Waals surface area contributed by atoms with Gasteiger partial charge in [0, 0.05) is 51.9 Å². The Morgan fingerprint density at radius 2 is 1.75 bits per heavy atom. The number of aliphatic imine (C=N–C) groups is 1. The number of nitrogens with zero attached hydrogens (tertiary/aromatic N) is 3. The van der Waals surface area contributed by atoms with Crippen LogP contribution in [0.3, 0.4) is 0 Å². The number of carbonyl (C=O) groups is 1. The van der Waals surface area contributed by atoms with Gasteiger partial charge in [-0.15, -0.1) is 0 Å². The summed E-state index contributed by atoms with van der Waals surface area (Å²) < 4.78 is 0. The molecule has 4 rings (SSSR count). The van der Waals surface area contributed by atoms with Gasteiger partial charge in [0.15, 0.2) is 5.96 Å². The third-order valence-corrected chi connectivity index (χ3v) is 6.20. The fourth-order valence-corrected chi connectivity index (χ4v) is 4.33. The van der Waals surface area contributed by atoms with Crippen molar-refractivity contribution in [2.45, 2.75) is 44.5 Å². The highest BCUT2D eigenvalue weighted by molar-refractivity contribution is 5.97. The van der Waals surface area contributed by atoms with Crippen molar-refractivity contribution in [2.75, 3.05) is 31.6 Å². The lowest BCUT2D eigenvalue weighted by Crippen LogP contribution is -2.44. The van der Waals surface area contributed by atoms with Crippen LogP contribution in [0.15, 0.2) is 59.6 Å². The number of amides is 1. The standard InChI is InChI=1S/C25H33N5O2/c1-26-25(28-21-15-24(32)30(18-21)22-5-3-2-4-6-22)27-16-19-7-9-20(10-8-19)17-29-13-11-23(31)12-14-29/h2-10,21,23,31H,11-18H2,1H3,(H2,26,27,28). The average Bonchev–Trinajstić information content (AvgIpc) is 3.19. The maximum Gasteiger partial charge on any atom is 0.229 e. The van der Waals surface area contributed by atoms with Crippen LogP contribution < -0.4 is 15.5 Å². The van der Waals surface area contributed by atoms with Crippen molar-refractivity contribution in [2.24, 2.45) is 4.99 Å². The molecule has 0 spiro atoms. The van der Waals surface area contributed by atoms with Crippen molar-refractivity contribution in [1.29, 1.82) is 0 Å². The van der Waals surface area contributed by atoms with Crippen LogP contribution in [0.1, 0.15) is 30.4 Å². The molecule has 2 aliphatic rings. The lowest BCUT2D eigenvalue weighted by Gasteiger charge is -2.29. The summed E-state index contributed by atoms with van der Waals surface area (Å²) in [6.45, 7) is 4.14. The van der Waals surface area contributed by atoms with Crippen LogP contribution in [-0.4, -0.2) is 60.7 Å². The number of benzene rings is 2. The molecule has 7 heteroatoms. The van der Waals surface area contributed by atoms with Crippen molar-refractivity contribution >= 4 is 17.6 Å². The summed E-state index contributed by atoms with van der Waals surface area (Å²) in [5, 5.41) is 16.4. The zero-order chi connectivity index (χ0) is 22.3. The van der Waals surface area contributed by atoms with Gasteiger partial charge in [-0.05, 0) is 36.1 Å². The van der Waals surface area contributed by atoms with E-state index in [9.17, 15) is 9.90 Å². The molecule has 170 valence electrons. The largest absolute Gasteiger partial charge is 0.393 e. The Balaban J connectivity index is 1.24. The maximum atomic E-state index is 12.4. The van der Waals surface area contributed by atoms with E-state index in [1.165, 1.54) is 11.1 Å². The first-order chi connectivity index (χ1) is 15.6. The Kier molecular flexibility index (Phi) is 7.39. The van der Waals surface area contributed by atoms with Crippen LogP contribution in [0.2, 0.25) is 0 Å². The summed E-state index contributed by atoms with van der Waals surface area (Å²) in [5.41, 5.74) is 3.41. The van der Waals surface area contributed by atoms with Gasteiger partial charge in [-0.25, -0.2) is 0 Å². The molecule has 32 heavy (non-hydrogen) atoms. The third-order valence-electron chi connectivity index (χ3n) is 6.20. The molecule has 2 heterocycles. The molecule has 7 nitrogen and oxygen atoms in total. The average molecular weight is 436 g/mol. The predicted molar refractivity (Wildman–Crippen MR) is 127 cm³/mol. The summed E-state index contributed by atoms with van der Waals surface area (Å²) in [5.74, 6) is 0.830. The van der Waals surface area contributed by atoms with Crippen LogP contribution in [0, 0.1) is 0 Å². The number of hydrogen-bond donors (Lipinski definition) is 3. The highest BCUT2D eigenvalue weighted by atomic mass is 16.3. The number of aliphatic hydroxyl groups excluding tert-OH is 1. The Hall–Kier alpha value is -2.90. The van der Waals surface area contributed by atoms with Gasteiger partial charge in [-0.3, -0.25) is 14.7 Å². The number of rotatable bonds is 6. The molecule has 2 fully saturated rings. The number of guanidine groups is 1. The number of hydrogen-bond acceptors (Lipinski definition) is 4. The first-order valence-electron chi connectivity index (χ1n) is 11.4. The van der Waals surface area contributed by atoms with E-state index < -0.39 is 0 Å². The quantitative estimate of drug-likeness (QED) is 0.478. The van der Waals surface area contributed by atoms with Crippen LogP contribution in [0.5, 0.6) is 0 Å². The van der Waals surface area contributed by atoms with E-state index >= 15 is 0 Å². The molecule has 3 N–H and O–H groups in total. The summed E-state index contributed by atoms with van der Waals surface area (Å²) in [6, 6.07) is 18.4. The first kappa shape index (κ1) is 22.3.